The number of aryl methyl sites for hydroxylation is 1. The molecule has 0 unspecified atom stereocenters. The first-order chi connectivity index (χ1) is 12.2. The lowest BCUT2D eigenvalue weighted by Crippen LogP contribution is -2.53. The lowest BCUT2D eigenvalue weighted by atomic mass is 10.1. The van der Waals surface area contributed by atoms with Crippen molar-refractivity contribution in [3.05, 3.63) is 41.3 Å². The first-order valence-electron chi connectivity index (χ1n) is 8.30. The molecule has 140 valence electrons. The summed E-state index contributed by atoms with van der Waals surface area (Å²) in [5.74, 6) is 0.725. The number of nitrogens with zero attached hydrogens (tertiary/aromatic N) is 3. The van der Waals surface area contributed by atoms with E-state index in [-0.39, 0.29) is 23.4 Å². The number of benzene rings is 1. The van der Waals surface area contributed by atoms with Crippen LogP contribution in [0, 0.1) is 6.92 Å². The molecule has 1 aliphatic heterocycles. The number of halogens is 3. The van der Waals surface area contributed by atoms with Crippen molar-refractivity contribution in [2.45, 2.75) is 32.6 Å². The summed E-state index contributed by atoms with van der Waals surface area (Å²) in [7, 11) is 1.77. The van der Waals surface area contributed by atoms with Crippen LogP contribution in [0.4, 0.5) is 13.2 Å². The van der Waals surface area contributed by atoms with E-state index in [0.29, 0.717) is 31.1 Å². The molecule has 1 amide bonds. The average Bonchev–Trinajstić information content (AvgIpc) is 2.95. The Bertz CT molecular complexity index is 816. The lowest BCUT2D eigenvalue weighted by molar-refractivity contribution is -0.139. The van der Waals surface area contributed by atoms with Crippen LogP contribution in [0.3, 0.4) is 0 Å². The Balaban J connectivity index is 1.83. The SMILES string of the molecule is Cc1oc(-c2cccc(C(F)(F)F)c2)nc1CN1CCN(C)C(=O)[C@H]1C. The number of carbonyl (C=O) groups excluding carboxylic acids is 1. The number of alkyl halides is 3. The number of rotatable bonds is 3. The number of likely N-dealkylation sites (N-methyl/N-ethyl adjacent to an activating group) is 1. The van der Waals surface area contributed by atoms with Crippen molar-refractivity contribution < 1.29 is 22.4 Å². The van der Waals surface area contributed by atoms with Gasteiger partial charge in [0.05, 0.1) is 17.3 Å². The van der Waals surface area contributed by atoms with Gasteiger partial charge in [-0.2, -0.15) is 13.2 Å². The predicted molar refractivity (Wildman–Crippen MR) is 89.2 cm³/mol. The van der Waals surface area contributed by atoms with E-state index in [9.17, 15) is 18.0 Å². The summed E-state index contributed by atoms with van der Waals surface area (Å²) in [4.78, 5) is 20.2. The van der Waals surface area contributed by atoms with Gasteiger partial charge in [0.1, 0.15) is 5.76 Å². The molecule has 26 heavy (non-hydrogen) atoms. The first-order valence-corrected chi connectivity index (χ1v) is 8.30. The Kier molecular flexibility index (Phi) is 4.79. The Labute approximate surface area is 149 Å². The van der Waals surface area contributed by atoms with Crippen molar-refractivity contribution in [1.29, 1.82) is 0 Å². The smallest absolute Gasteiger partial charge is 0.416 e. The molecule has 0 aliphatic carbocycles. The van der Waals surface area contributed by atoms with E-state index < -0.39 is 11.7 Å². The number of carbonyl (C=O) groups is 1. The number of oxazole rings is 1. The zero-order valence-electron chi connectivity index (χ0n) is 14.8. The van der Waals surface area contributed by atoms with Crippen molar-refractivity contribution in [2.75, 3.05) is 20.1 Å². The monoisotopic (exact) mass is 367 g/mol. The highest BCUT2D eigenvalue weighted by molar-refractivity contribution is 5.81. The van der Waals surface area contributed by atoms with E-state index in [2.05, 4.69) is 4.98 Å². The quantitative estimate of drug-likeness (QED) is 0.835. The van der Waals surface area contributed by atoms with E-state index in [4.69, 9.17) is 4.42 Å². The van der Waals surface area contributed by atoms with Crippen LogP contribution in [0.1, 0.15) is 23.9 Å². The van der Waals surface area contributed by atoms with Crippen LogP contribution in [0.5, 0.6) is 0 Å². The average molecular weight is 367 g/mol. The maximum Gasteiger partial charge on any atom is 0.416 e. The van der Waals surface area contributed by atoms with Crippen LogP contribution in [0.25, 0.3) is 11.5 Å². The molecule has 2 aromatic rings. The van der Waals surface area contributed by atoms with Gasteiger partial charge in [-0.15, -0.1) is 0 Å². The van der Waals surface area contributed by atoms with E-state index in [0.717, 1.165) is 12.1 Å². The van der Waals surface area contributed by atoms with Gasteiger partial charge in [0.2, 0.25) is 11.8 Å². The van der Waals surface area contributed by atoms with Crippen LogP contribution >= 0.6 is 0 Å². The maximum absolute atomic E-state index is 12.9. The van der Waals surface area contributed by atoms with Gasteiger partial charge in [-0.05, 0) is 32.0 Å². The fourth-order valence-corrected chi connectivity index (χ4v) is 2.99. The summed E-state index contributed by atoms with van der Waals surface area (Å²) in [6.07, 6.45) is -4.42. The van der Waals surface area contributed by atoms with Gasteiger partial charge in [0.25, 0.3) is 0 Å². The van der Waals surface area contributed by atoms with Gasteiger partial charge < -0.3 is 9.32 Å². The molecule has 8 heteroatoms. The summed E-state index contributed by atoms with van der Waals surface area (Å²) >= 11 is 0. The molecule has 0 bridgehead atoms. The summed E-state index contributed by atoms with van der Waals surface area (Å²) in [6.45, 7) is 5.30. The van der Waals surface area contributed by atoms with Crippen LogP contribution in [0.2, 0.25) is 0 Å². The summed E-state index contributed by atoms with van der Waals surface area (Å²) in [6, 6.07) is 4.63. The van der Waals surface area contributed by atoms with Gasteiger partial charge in [0.15, 0.2) is 0 Å². The van der Waals surface area contributed by atoms with E-state index >= 15 is 0 Å². The molecular weight excluding hydrogens is 347 g/mol. The van der Waals surface area contributed by atoms with Crippen LogP contribution < -0.4 is 0 Å². The normalized spacial score (nSPS) is 19.2. The Morgan fingerprint density at radius 3 is 2.73 bits per heavy atom. The molecular formula is C18H20F3N3O2. The summed E-state index contributed by atoms with van der Waals surface area (Å²) in [5, 5.41) is 0. The summed E-state index contributed by atoms with van der Waals surface area (Å²) in [5.41, 5.74) is 0.156. The predicted octanol–water partition coefficient (Wildman–Crippen LogP) is 3.33. The molecule has 1 saturated heterocycles. The Hall–Kier alpha value is -2.35. The largest absolute Gasteiger partial charge is 0.441 e. The van der Waals surface area contributed by atoms with Crippen molar-refractivity contribution in [3.8, 4) is 11.5 Å². The zero-order chi connectivity index (χ0) is 19.1. The minimum Gasteiger partial charge on any atom is -0.441 e. The lowest BCUT2D eigenvalue weighted by Gasteiger charge is -2.36. The fraction of sp³-hybridized carbons (Fsp3) is 0.444. The van der Waals surface area contributed by atoms with Crippen molar-refractivity contribution >= 4 is 5.91 Å². The van der Waals surface area contributed by atoms with E-state index in [1.165, 1.54) is 12.1 Å². The van der Waals surface area contributed by atoms with Crippen LogP contribution in [-0.4, -0.2) is 46.9 Å². The molecule has 3 rings (SSSR count). The second kappa shape index (κ2) is 6.75. The van der Waals surface area contributed by atoms with Crippen molar-refractivity contribution in [2.24, 2.45) is 0 Å². The van der Waals surface area contributed by atoms with Crippen LogP contribution in [-0.2, 0) is 17.5 Å². The highest BCUT2D eigenvalue weighted by atomic mass is 19.4. The molecule has 1 aliphatic rings. The zero-order valence-corrected chi connectivity index (χ0v) is 14.8. The van der Waals surface area contributed by atoms with Gasteiger partial charge in [-0.25, -0.2) is 4.98 Å². The highest BCUT2D eigenvalue weighted by Gasteiger charge is 2.32. The minimum absolute atomic E-state index is 0.0375. The second-order valence-electron chi connectivity index (χ2n) is 6.51. The maximum atomic E-state index is 12.9. The standard InChI is InChI=1S/C18H20F3N3O2/c1-11-17(25)23(3)7-8-24(11)10-15-12(2)26-16(22-15)13-5-4-6-14(9-13)18(19,20)21/h4-6,9,11H,7-8,10H2,1-3H3/t11-/m1/s1. The topological polar surface area (TPSA) is 49.6 Å². The fourth-order valence-electron chi connectivity index (χ4n) is 2.99. The molecule has 1 fully saturated rings. The Morgan fingerprint density at radius 2 is 2.04 bits per heavy atom. The third-order valence-corrected chi connectivity index (χ3v) is 4.69. The van der Waals surface area contributed by atoms with Gasteiger partial charge >= 0.3 is 6.18 Å². The molecule has 0 saturated carbocycles. The number of hydrogen-bond donors (Lipinski definition) is 0. The van der Waals surface area contributed by atoms with Gasteiger partial charge in [-0.1, -0.05) is 6.07 Å². The molecule has 1 aromatic heterocycles. The van der Waals surface area contributed by atoms with Crippen LogP contribution in [0.15, 0.2) is 28.7 Å². The Morgan fingerprint density at radius 1 is 1.31 bits per heavy atom. The number of amides is 1. The number of piperazine rings is 1. The molecule has 5 nitrogen and oxygen atoms in total. The molecule has 0 radical (unpaired) electrons. The van der Waals surface area contributed by atoms with Gasteiger partial charge in [-0.3, -0.25) is 9.69 Å². The van der Waals surface area contributed by atoms with E-state index in [1.54, 1.807) is 18.9 Å². The summed E-state index contributed by atoms with van der Waals surface area (Å²) < 4.78 is 44.3. The third-order valence-electron chi connectivity index (χ3n) is 4.69. The molecule has 0 spiro atoms. The molecule has 1 aromatic carbocycles. The molecule has 1 atom stereocenters. The third kappa shape index (κ3) is 3.60. The molecule has 0 N–H and O–H groups in total. The van der Waals surface area contributed by atoms with Crippen molar-refractivity contribution in [3.63, 3.8) is 0 Å². The number of hydrogen-bond acceptors (Lipinski definition) is 4. The minimum atomic E-state index is -4.42. The first kappa shape index (κ1) is 18.4. The highest BCUT2D eigenvalue weighted by Crippen LogP contribution is 2.32. The molecule has 2 heterocycles. The number of aromatic nitrogens is 1. The second-order valence-corrected chi connectivity index (χ2v) is 6.51. The van der Waals surface area contributed by atoms with Gasteiger partial charge in [0, 0.05) is 32.2 Å². The van der Waals surface area contributed by atoms with Crippen molar-refractivity contribution in [1.82, 2.24) is 14.8 Å². The van der Waals surface area contributed by atoms with E-state index in [1.807, 2.05) is 11.8 Å².